The molecule has 1 N–H and O–H groups in total. The zero-order valence-corrected chi connectivity index (χ0v) is 9.89. The number of rotatable bonds is 7. The van der Waals surface area contributed by atoms with E-state index in [1.165, 1.54) is 0 Å². The lowest BCUT2D eigenvalue weighted by Gasteiger charge is -2.13. The van der Waals surface area contributed by atoms with Crippen molar-refractivity contribution in [3.63, 3.8) is 0 Å². The molecule has 0 aliphatic carbocycles. The minimum absolute atomic E-state index is 0.104. The molecule has 0 fully saturated rings. The Bertz CT molecular complexity index is 295. The van der Waals surface area contributed by atoms with Crippen LogP contribution in [0.15, 0.2) is 22.8 Å². The zero-order chi connectivity index (χ0) is 12.7. The topological polar surface area (TPSA) is 25.2 Å². The van der Waals surface area contributed by atoms with Crippen molar-refractivity contribution in [1.29, 1.82) is 0 Å². The molecule has 0 aromatic carbocycles. The lowest BCUT2D eigenvalue weighted by atomic mass is 10.1. The Labute approximate surface area is 99.2 Å². The Morgan fingerprint density at radius 2 is 2.18 bits per heavy atom. The Morgan fingerprint density at radius 3 is 2.76 bits per heavy atom. The average Bonchev–Trinajstić information content (AvgIpc) is 2.68. The maximum Gasteiger partial charge on any atom is 0.389 e. The highest BCUT2D eigenvalue weighted by atomic mass is 19.4. The van der Waals surface area contributed by atoms with Gasteiger partial charge in [-0.05, 0) is 31.9 Å². The maximum absolute atomic E-state index is 11.9. The van der Waals surface area contributed by atoms with Gasteiger partial charge in [0.05, 0.1) is 6.26 Å². The molecule has 98 valence electrons. The highest BCUT2D eigenvalue weighted by Gasteiger charge is 2.26. The van der Waals surface area contributed by atoms with Crippen molar-refractivity contribution in [1.82, 2.24) is 5.32 Å². The fraction of sp³-hybridized carbons (Fsp3) is 0.667. The molecule has 5 heteroatoms. The predicted octanol–water partition coefficient (Wildman–Crippen LogP) is 3.53. The second-order valence-electron chi connectivity index (χ2n) is 4.19. The van der Waals surface area contributed by atoms with Gasteiger partial charge in [-0.1, -0.05) is 0 Å². The van der Waals surface area contributed by atoms with Crippen LogP contribution >= 0.6 is 0 Å². The first kappa shape index (κ1) is 14.1. The summed E-state index contributed by atoms with van der Waals surface area (Å²) in [6, 6.07) is 3.81. The quantitative estimate of drug-likeness (QED) is 0.799. The number of halogens is 3. The molecule has 0 saturated heterocycles. The fourth-order valence-corrected chi connectivity index (χ4v) is 1.61. The Hall–Kier alpha value is -0.970. The van der Waals surface area contributed by atoms with Gasteiger partial charge in [0.15, 0.2) is 0 Å². The van der Waals surface area contributed by atoms with Crippen molar-refractivity contribution in [2.24, 2.45) is 0 Å². The van der Waals surface area contributed by atoms with Gasteiger partial charge in [-0.2, -0.15) is 13.2 Å². The van der Waals surface area contributed by atoms with Gasteiger partial charge in [-0.25, -0.2) is 0 Å². The summed E-state index contributed by atoms with van der Waals surface area (Å²) in [5.41, 5.74) is 0. The van der Waals surface area contributed by atoms with Gasteiger partial charge in [-0.3, -0.25) is 0 Å². The van der Waals surface area contributed by atoms with E-state index in [9.17, 15) is 13.2 Å². The van der Waals surface area contributed by atoms with E-state index >= 15 is 0 Å². The summed E-state index contributed by atoms with van der Waals surface area (Å²) in [7, 11) is 0. The molecule has 0 aliphatic heterocycles. The highest BCUT2D eigenvalue weighted by Crippen LogP contribution is 2.22. The number of furan rings is 1. The first-order valence-electron chi connectivity index (χ1n) is 5.80. The monoisotopic (exact) mass is 249 g/mol. The Kier molecular flexibility index (Phi) is 5.55. The van der Waals surface area contributed by atoms with Crippen LogP contribution in [0.1, 0.15) is 31.9 Å². The summed E-state index contributed by atoms with van der Waals surface area (Å²) in [6.07, 6.45) is -1.64. The third-order valence-electron chi connectivity index (χ3n) is 2.54. The molecule has 0 amide bonds. The lowest BCUT2D eigenvalue weighted by molar-refractivity contribution is -0.135. The number of alkyl halides is 3. The largest absolute Gasteiger partial charge is 0.469 e. The van der Waals surface area contributed by atoms with Crippen molar-refractivity contribution in [2.75, 3.05) is 6.54 Å². The second-order valence-corrected chi connectivity index (χ2v) is 4.19. The van der Waals surface area contributed by atoms with E-state index in [1.807, 2.05) is 19.1 Å². The zero-order valence-electron chi connectivity index (χ0n) is 9.89. The van der Waals surface area contributed by atoms with Gasteiger partial charge in [0.25, 0.3) is 0 Å². The SMILES string of the molecule is CC(CCCC(F)(F)F)NCCc1ccco1. The molecule has 17 heavy (non-hydrogen) atoms. The normalized spacial score (nSPS) is 13.9. The van der Waals surface area contributed by atoms with E-state index in [0.717, 1.165) is 18.7 Å². The molecule has 1 rings (SSSR count). The standard InChI is InChI=1S/C12H18F3NO/c1-10(4-2-7-12(13,14)15)16-8-6-11-5-3-9-17-11/h3,5,9-10,16H,2,4,6-8H2,1H3. The molecule has 0 aliphatic rings. The van der Waals surface area contributed by atoms with E-state index in [2.05, 4.69) is 5.32 Å². The molecule has 1 heterocycles. The van der Waals surface area contributed by atoms with Crippen molar-refractivity contribution in [2.45, 2.75) is 44.8 Å². The van der Waals surface area contributed by atoms with Crippen molar-refractivity contribution in [3.8, 4) is 0 Å². The van der Waals surface area contributed by atoms with Gasteiger partial charge in [-0.15, -0.1) is 0 Å². The first-order valence-corrected chi connectivity index (χ1v) is 5.80. The second kappa shape index (κ2) is 6.69. The Morgan fingerprint density at radius 1 is 1.41 bits per heavy atom. The molecule has 0 radical (unpaired) electrons. The van der Waals surface area contributed by atoms with E-state index < -0.39 is 12.6 Å². The fourth-order valence-electron chi connectivity index (χ4n) is 1.61. The average molecular weight is 249 g/mol. The predicted molar refractivity (Wildman–Crippen MR) is 59.8 cm³/mol. The summed E-state index contributed by atoms with van der Waals surface area (Å²) in [5.74, 6) is 0.889. The molecule has 1 aromatic heterocycles. The van der Waals surface area contributed by atoms with Gasteiger partial charge in [0.2, 0.25) is 0 Å². The molecule has 0 saturated carbocycles. The maximum atomic E-state index is 11.9. The van der Waals surface area contributed by atoms with E-state index in [4.69, 9.17) is 4.42 Å². The summed E-state index contributed by atoms with van der Waals surface area (Å²) >= 11 is 0. The molecule has 1 aromatic rings. The van der Waals surface area contributed by atoms with Crippen LogP contribution in [0.3, 0.4) is 0 Å². The van der Waals surface area contributed by atoms with Crippen LogP contribution in [0, 0.1) is 0 Å². The first-order chi connectivity index (χ1) is 7.97. The van der Waals surface area contributed by atoms with E-state index in [1.54, 1.807) is 6.26 Å². The van der Waals surface area contributed by atoms with Crippen LogP contribution in [-0.4, -0.2) is 18.8 Å². The Balaban J connectivity index is 2.03. The molecular weight excluding hydrogens is 231 g/mol. The van der Waals surface area contributed by atoms with Crippen molar-refractivity contribution in [3.05, 3.63) is 24.2 Å². The van der Waals surface area contributed by atoms with Crippen LogP contribution < -0.4 is 5.32 Å². The summed E-state index contributed by atoms with van der Waals surface area (Å²) in [5, 5.41) is 3.18. The van der Waals surface area contributed by atoms with Crippen LogP contribution in [-0.2, 0) is 6.42 Å². The summed E-state index contributed by atoms with van der Waals surface area (Å²) < 4.78 is 40.9. The molecule has 1 unspecified atom stereocenters. The summed E-state index contributed by atoms with van der Waals surface area (Å²) in [4.78, 5) is 0. The minimum Gasteiger partial charge on any atom is -0.469 e. The van der Waals surface area contributed by atoms with E-state index in [0.29, 0.717) is 6.42 Å². The van der Waals surface area contributed by atoms with Gasteiger partial charge in [0.1, 0.15) is 5.76 Å². The van der Waals surface area contributed by atoms with Gasteiger partial charge in [0, 0.05) is 25.4 Å². The van der Waals surface area contributed by atoms with Crippen LogP contribution in [0.4, 0.5) is 13.2 Å². The smallest absolute Gasteiger partial charge is 0.389 e. The highest BCUT2D eigenvalue weighted by molar-refractivity contribution is 4.98. The van der Waals surface area contributed by atoms with Crippen LogP contribution in [0.2, 0.25) is 0 Å². The molecular formula is C12H18F3NO. The minimum atomic E-state index is -4.03. The number of hydrogen-bond acceptors (Lipinski definition) is 2. The molecule has 1 atom stereocenters. The van der Waals surface area contributed by atoms with Crippen molar-refractivity contribution < 1.29 is 17.6 Å². The van der Waals surface area contributed by atoms with Crippen molar-refractivity contribution >= 4 is 0 Å². The van der Waals surface area contributed by atoms with E-state index in [-0.39, 0.29) is 12.5 Å². The van der Waals surface area contributed by atoms with Gasteiger partial charge < -0.3 is 9.73 Å². The van der Waals surface area contributed by atoms with Crippen LogP contribution in [0.5, 0.6) is 0 Å². The van der Waals surface area contributed by atoms with Gasteiger partial charge >= 0.3 is 6.18 Å². The lowest BCUT2D eigenvalue weighted by Crippen LogP contribution is -2.28. The molecule has 0 bridgehead atoms. The number of nitrogens with one attached hydrogen (secondary N) is 1. The number of hydrogen-bond donors (Lipinski definition) is 1. The molecule has 2 nitrogen and oxygen atoms in total. The van der Waals surface area contributed by atoms with Crippen LogP contribution in [0.25, 0.3) is 0 Å². The third-order valence-corrected chi connectivity index (χ3v) is 2.54. The third kappa shape index (κ3) is 7.05. The molecule has 0 spiro atoms. The summed E-state index contributed by atoms with van der Waals surface area (Å²) in [6.45, 7) is 2.62.